The monoisotopic (exact) mass is 304 g/mol. The predicted octanol–water partition coefficient (Wildman–Crippen LogP) is 3.51. The SMILES string of the molecule is Nc1ccc(CCCNC(CF)Cc2ccc(F)cc2)cc1. The zero-order valence-corrected chi connectivity index (χ0v) is 12.6. The van der Waals surface area contributed by atoms with Crippen LogP contribution in [0.25, 0.3) is 0 Å². The van der Waals surface area contributed by atoms with Crippen molar-refractivity contribution in [2.24, 2.45) is 0 Å². The Kier molecular flexibility index (Phi) is 6.34. The van der Waals surface area contributed by atoms with Crippen molar-refractivity contribution in [2.75, 3.05) is 19.0 Å². The summed E-state index contributed by atoms with van der Waals surface area (Å²) < 4.78 is 25.9. The van der Waals surface area contributed by atoms with E-state index in [-0.39, 0.29) is 11.9 Å². The van der Waals surface area contributed by atoms with E-state index in [0.717, 1.165) is 30.6 Å². The van der Waals surface area contributed by atoms with Gasteiger partial charge in [-0.2, -0.15) is 0 Å². The third kappa shape index (κ3) is 5.45. The molecular weight excluding hydrogens is 282 g/mol. The fourth-order valence-electron chi connectivity index (χ4n) is 2.37. The summed E-state index contributed by atoms with van der Waals surface area (Å²) in [5.74, 6) is -0.267. The molecule has 0 aliphatic carbocycles. The largest absolute Gasteiger partial charge is 0.399 e. The Labute approximate surface area is 130 Å². The van der Waals surface area contributed by atoms with Gasteiger partial charge in [-0.15, -0.1) is 0 Å². The minimum absolute atomic E-state index is 0.225. The first-order valence-corrected chi connectivity index (χ1v) is 7.55. The third-order valence-corrected chi connectivity index (χ3v) is 3.64. The van der Waals surface area contributed by atoms with Crippen molar-refractivity contribution in [1.29, 1.82) is 0 Å². The molecule has 2 rings (SSSR count). The van der Waals surface area contributed by atoms with Crippen molar-refractivity contribution in [3.63, 3.8) is 0 Å². The van der Waals surface area contributed by atoms with Crippen LogP contribution in [0.15, 0.2) is 48.5 Å². The number of rotatable bonds is 8. The number of aryl methyl sites for hydroxylation is 1. The number of hydrogen-bond donors (Lipinski definition) is 2. The normalized spacial score (nSPS) is 12.3. The first-order chi connectivity index (χ1) is 10.7. The molecule has 0 saturated heterocycles. The minimum Gasteiger partial charge on any atom is -0.399 e. The average molecular weight is 304 g/mol. The van der Waals surface area contributed by atoms with Crippen molar-refractivity contribution in [2.45, 2.75) is 25.3 Å². The molecule has 0 spiro atoms. The van der Waals surface area contributed by atoms with Gasteiger partial charge in [0.2, 0.25) is 0 Å². The molecule has 118 valence electrons. The van der Waals surface area contributed by atoms with Gasteiger partial charge in [-0.3, -0.25) is 0 Å². The van der Waals surface area contributed by atoms with Crippen LogP contribution < -0.4 is 11.1 Å². The van der Waals surface area contributed by atoms with E-state index < -0.39 is 6.67 Å². The van der Waals surface area contributed by atoms with Crippen LogP contribution in [-0.2, 0) is 12.8 Å². The highest BCUT2D eigenvalue weighted by molar-refractivity contribution is 5.39. The van der Waals surface area contributed by atoms with Crippen LogP contribution in [0.3, 0.4) is 0 Å². The zero-order chi connectivity index (χ0) is 15.8. The minimum atomic E-state index is -0.431. The van der Waals surface area contributed by atoms with E-state index >= 15 is 0 Å². The summed E-state index contributed by atoms with van der Waals surface area (Å²) in [5.41, 5.74) is 8.58. The van der Waals surface area contributed by atoms with Gasteiger partial charge in [0.15, 0.2) is 0 Å². The lowest BCUT2D eigenvalue weighted by Gasteiger charge is -2.15. The van der Waals surface area contributed by atoms with Gasteiger partial charge >= 0.3 is 0 Å². The van der Waals surface area contributed by atoms with Crippen molar-refractivity contribution in [1.82, 2.24) is 5.32 Å². The number of nitrogen functional groups attached to an aromatic ring is 1. The van der Waals surface area contributed by atoms with E-state index in [9.17, 15) is 8.78 Å². The first-order valence-electron chi connectivity index (χ1n) is 7.55. The van der Waals surface area contributed by atoms with Gasteiger partial charge in [0, 0.05) is 11.7 Å². The number of nitrogens with two attached hydrogens (primary N) is 1. The summed E-state index contributed by atoms with van der Waals surface area (Å²) in [7, 11) is 0. The molecule has 0 fully saturated rings. The van der Waals surface area contributed by atoms with Gasteiger partial charge < -0.3 is 11.1 Å². The fraction of sp³-hybridized carbons (Fsp3) is 0.333. The van der Waals surface area contributed by atoms with Gasteiger partial charge in [0.25, 0.3) is 0 Å². The second-order valence-corrected chi connectivity index (χ2v) is 5.48. The highest BCUT2D eigenvalue weighted by atomic mass is 19.1. The molecular formula is C18H22F2N2. The van der Waals surface area contributed by atoms with Gasteiger partial charge in [-0.25, -0.2) is 8.78 Å². The molecule has 2 nitrogen and oxygen atoms in total. The lowest BCUT2D eigenvalue weighted by molar-refractivity contribution is 0.371. The van der Waals surface area contributed by atoms with Crippen LogP contribution in [0, 0.1) is 5.82 Å². The summed E-state index contributed by atoms with van der Waals surface area (Å²) in [6.45, 7) is 0.319. The van der Waals surface area contributed by atoms with E-state index in [1.165, 1.54) is 17.7 Å². The van der Waals surface area contributed by atoms with Gasteiger partial charge in [0.05, 0.1) is 0 Å². The number of anilines is 1. The van der Waals surface area contributed by atoms with Crippen LogP contribution in [0.5, 0.6) is 0 Å². The number of halogens is 2. The van der Waals surface area contributed by atoms with E-state index in [1.54, 1.807) is 12.1 Å². The van der Waals surface area contributed by atoms with E-state index in [1.807, 2.05) is 24.3 Å². The third-order valence-electron chi connectivity index (χ3n) is 3.64. The second kappa shape index (κ2) is 8.49. The average Bonchev–Trinajstić information content (AvgIpc) is 2.54. The molecule has 0 radical (unpaired) electrons. The smallest absolute Gasteiger partial charge is 0.123 e. The molecule has 0 bridgehead atoms. The van der Waals surface area contributed by atoms with Gasteiger partial charge in [-0.1, -0.05) is 24.3 Å². The lowest BCUT2D eigenvalue weighted by Crippen LogP contribution is -2.34. The predicted molar refractivity (Wildman–Crippen MR) is 87.0 cm³/mol. The molecule has 0 saturated carbocycles. The standard InChI is InChI=1S/C18H22F2N2/c19-13-18(12-15-3-7-16(20)8-4-15)22-11-1-2-14-5-9-17(21)10-6-14/h3-10,18,22H,1-2,11-13,21H2. The van der Waals surface area contributed by atoms with E-state index in [4.69, 9.17) is 5.73 Å². The molecule has 3 N–H and O–H groups in total. The molecule has 4 heteroatoms. The molecule has 1 unspecified atom stereocenters. The maximum atomic E-state index is 13.1. The van der Waals surface area contributed by atoms with Crippen LogP contribution in [-0.4, -0.2) is 19.3 Å². The lowest BCUT2D eigenvalue weighted by atomic mass is 10.1. The van der Waals surface area contributed by atoms with Crippen molar-refractivity contribution in [3.05, 3.63) is 65.5 Å². The Morgan fingerprint density at radius 2 is 1.59 bits per heavy atom. The van der Waals surface area contributed by atoms with Gasteiger partial charge in [-0.05, 0) is 61.2 Å². The van der Waals surface area contributed by atoms with Crippen LogP contribution in [0.4, 0.5) is 14.5 Å². The fourth-order valence-corrected chi connectivity index (χ4v) is 2.37. The summed E-state index contributed by atoms with van der Waals surface area (Å²) in [6.07, 6.45) is 2.44. The quantitative estimate of drug-likeness (QED) is 0.578. The van der Waals surface area contributed by atoms with Crippen molar-refractivity contribution >= 4 is 5.69 Å². The first kappa shape index (κ1) is 16.4. The van der Waals surface area contributed by atoms with Crippen molar-refractivity contribution in [3.8, 4) is 0 Å². The zero-order valence-electron chi connectivity index (χ0n) is 12.6. The van der Waals surface area contributed by atoms with Crippen LogP contribution in [0.2, 0.25) is 0 Å². The molecule has 2 aromatic carbocycles. The second-order valence-electron chi connectivity index (χ2n) is 5.48. The number of benzene rings is 2. The molecule has 2 aromatic rings. The van der Waals surface area contributed by atoms with Crippen LogP contribution in [0.1, 0.15) is 17.5 Å². The number of nitrogens with one attached hydrogen (secondary N) is 1. The summed E-state index contributed by atoms with van der Waals surface area (Å²) in [4.78, 5) is 0. The number of hydrogen-bond acceptors (Lipinski definition) is 2. The Morgan fingerprint density at radius 3 is 2.23 bits per heavy atom. The van der Waals surface area contributed by atoms with Gasteiger partial charge in [0.1, 0.15) is 12.5 Å². The van der Waals surface area contributed by atoms with Crippen LogP contribution >= 0.6 is 0 Å². The molecule has 0 aliphatic rings. The van der Waals surface area contributed by atoms with Crippen molar-refractivity contribution < 1.29 is 8.78 Å². The maximum Gasteiger partial charge on any atom is 0.123 e. The molecule has 0 aromatic heterocycles. The molecule has 0 aliphatic heterocycles. The Balaban J connectivity index is 1.71. The number of alkyl halides is 1. The Hall–Kier alpha value is -1.94. The van der Waals surface area contributed by atoms with E-state index in [2.05, 4.69) is 5.32 Å². The highest BCUT2D eigenvalue weighted by Crippen LogP contribution is 2.08. The molecule has 22 heavy (non-hydrogen) atoms. The topological polar surface area (TPSA) is 38.0 Å². The Bertz CT molecular complexity index is 552. The molecule has 0 heterocycles. The summed E-state index contributed by atoms with van der Waals surface area (Å²) in [6, 6.07) is 13.8. The molecule has 0 amide bonds. The summed E-state index contributed by atoms with van der Waals surface area (Å²) in [5, 5.41) is 3.22. The maximum absolute atomic E-state index is 13.1. The molecule has 1 atom stereocenters. The Morgan fingerprint density at radius 1 is 0.955 bits per heavy atom. The summed E-state index contributed by atoms with van der Waals surface area (Å²) >= 11 is 0. The van der Waals surface area contributed by atoms with E-state index in [0.29, 0.717) is 6.42 Å². The highest BCUT2D eigenvalue weighted by Gasteiger charge is 2.08.